The van der Waals surface area contributed by atoms with Crippen molar-refractivity contribution >= 4 is 55.9 Å². The molecule has 28 heavy (non-hydrogen) atoms. The van der Waals surface area contributed by atoms with Gasteiger partial charge < -0.3 is 14.8 Å². The minimum Gasteiger partial charge on any atom is -0.462 e. The normalized spacial score (nSPS) is 11.5. The van der Waals surface area contributed by atoms with Crippen LogP contribution in [-0.4, -0.2) is 41.5 Å². The van der Waals surface area contributed by atoms with Crippen LogP contribution in [0.25, 0.3) is 10.9 Å². The minimum absolute atomic E-state index is 0.285. The molecule has 0 atom stereocenters. The van der Waals surface area contributed by atoms with Crippen molar-refractivity contribution in [2.24, 2.45) is 0 Å². The van der Waals surface area contributed by atoms with Gasteiger partial charge in [-0.1, -0.05) is 15.9 Å². The Hall–Kier alpha value is -1.48. The Morgan fingerprint density at radius 3 is 2.79 bits per heavy atom. The molecule has 0 fully saturated rings. The molecule has 0 aliphatic rings. The van der Waals surface area contributed by atoms with E-state index in [-0.39, 0.29) is 6.61 Å². The molecule has 1 N–H and O–H groups in total. The summed E-state index contributed by atoms with van der Waals surface area (Å²) in [5.41, 5.74) is 3.60. The van der Waals surface area contributed by atoms with E-state index < -0.39 is 5.97 Å². The minimum atomic E-state index is -0.406. The van der Waals surface area contributed by atoms with Gasteiger partial charge in [0, 0.05) is 32.4 Å². The number of hydrogen-bond acceptors (Lipinski definition) is 6. The van der Waals surface area contributed by atoms with Crippen LogP contribution in [0.4, 0.5) is 0 Å². The van der Waals surface area contributed by atoms with Crippen molar-refractivity contribution in [2.75, 3.05) is 20.7 Å². The quantitative estimate of drug-likeness (QED) is 0.272. The summed E-state index contributed by atoms with van der Waals surface area (Å²) >= 11 is 6.89. The molecule has 3 aromatic rings. The zero-order chi connectivity index (χ0) is 20.4. The first-order chi connectivity index (χ1) is 13.3. The Balaban J connectivity index is 2.19. The number of aromatic nitrogens is 1. The molecule has 8 heteroatoms. The molecular weight excluding hydrogens is 460 g/mol. The molecule has 0 aliphatic carbocycles. The zero-order valence-corrected chi connectivity index (χ0v) is 19.5. The summed E-state index contributed by atoms with van der Waals surface area (Å²) in [5, 5.41) is 15.8. The molecule has 0 spiro atoms. The van der Waals surface area contributed by atoms with Crippen LogP contribution in [0.3, 0.4) is 0 Å². The summed E-state index contributed by atoms with van der Waals surface area (Å²) in [6.07, 6.45) is 0. The standard InChI is InChI=1S/C20H23BrN2O3S2/c1-5-26-20(24)18-16(11-28-14-6-7-27-10-14)23(25)15-8-13(9-22(3)4)19(21)12(2)17(15)18/h6-8,10,25H,5,9,11H2,1-4H3. The van der Waals surface area contributed by atoms with Gasteiger partial charge in [-0.25, -0.2) is 4.79 Å². The Morgan fingerprint density at radius 2 is 2.18 bits per heavy atom. The Bertz CT molecular complexity index is 997. The second-order valence-corrected chi connectivity index (χ2v) is 9.33. The molecule has 0 aliphatic heterocycles. The van der Waals surface area contributed by atoms with Crippen LogP contribution in [0.5, 0.6) is 0 Å². The van der Waals surface area contributed by atoms with Gasteiger partial charge in [-0.05, 0) is 56.6 Å². The number of thiophene rings is 1. The van der Waals surface area contributed by atoms with E-state index in [2.05, 4.69) is 26.2 Å². The Morgan fingerprint density at radius 1 is 1.43 bits per heavy atom. The molecule has 150 valence electrons. The van der Waals surface area contributed by atoms with Crippen molar-refractivity contribution in [3.8, 4) is 0 Å². The van der Waals surface area contributed by atoms with Crippen molar-refractivity contribution in [3.05, 3.63) is 49.7 Å². The van der Waals surface area contributed by atoms with Crippen LogP contribution >= 0.6 is 39.0 Å². The number of carbonyl (C=O) groups is 1. The average Bonchev–Trinajstić information content (AvgIpc) is 3.24. The van der Waals surface area contributed by atoms with Crippen molar-refractivity contribution < 1.29 is 14.7 Å². The van der Waals surface area contributed by atoms with E-state index in [1.807, 2.05) is 38.5 Å². The third-order valence-corrected chi connectivity index (χ3v) is 7.35. The largest absolute Gasteiger partial charge is 0.462 e. The topological polar surface area (TPSA) is 54.7 Å². The summed E-state index contributed by atoms with van der Waals surface area (Å²) in [4.78, 5) is 16.0. The molecule has 0 amide bonds. The number of benzene rings is 1. The maximum Gasteiger partial charge on any atom is 0.340 e. The first-order valence-electron chi connectivity index (χ1n) is 8.86. The second kappa shape index (κ2) is 8.90. The molecule has 0 radical (unpaired) electrons. The van der Waals surface area contributed by atoms with Crippen LogP contribution in [-0.2, 0) is 17.0 Å². The number of halogens is 1. The highest BCUT2D eigenvalue weighted by atomic mass is 79.9. The maximum atomic E-state index is 12.8. The third kappa shape index (κ3) is 4.10. The number of hydrogen-bond donors (Lipinski definition) is 1. The lowest BCUT2D eigenvalue weighted by Gasteiger charge is -2.14. The lowest BCUT2D eigenvalue weighted by Crippen LogP contribution is -2.11. The fourth-order valence-electron chi connectivity index (χ4n) is 3.22. The number of ether oxygens (including phenoxy) is 1. The van der Waals surface area contributed by atoms with Gasteiger partial charge in [-0.2, -0.15) is 16.1 Å². The number of nitrogens with zero attached hydrogens (tertiary/aromatic N) is 2. The van der Waals surface area contributed by atoms with Crippen LogP contribution in [0.1, 0.15) is 34.1 Å². The molecule has 5 nitrogen and oxygen atoms in total. The first kappa shape index (κ1) is 21.2. The highest BCUT2D eigenvalue weighted by molar-refractivity contribution is 9.10. The highest BCUT2D eigenvalue weighted by Crippen LogP contribution is 2.38. The molecular formula is C20H23BrN2O3S2. The maximum absolute atomic E-state index is 12.8. The predicted octanol–water partition coefficient (Wildman–Crippen LogP) is 5.54. The Labute approximate surface area is 181 Å². The number of rotatable bonds is 7. The highest BCUT2D eigenvalue weighted by Gasteiger charge is 2.27. The van der Waals surface area contributed by atoms with Crippen LogP contribution in [0.15, 0.2) is 32.3 Å². The van der Waals surface area contributed by atoms with Gasteiger partial charge in [-0.15, -0.1) is 11.8 Å². The first-order valence-corrected chi connectivity index (χ1v) is 11.6. The molecule has 3 rings (SSSR count). The number of esters is 1. The fraction of sp³-hybridized carbons (Fsp3) is 0.350. The van der Waals surface area contributed by atoms with Gasteiger partial charge in [0.25, 0.3) is 0 Å². The number of fused-ring (bicyclic) bond motifs is 1. The van der Waals surface area contributed by atoms with Crippen molar-refractivity contribution in [1.29, 1.82) is 0 Å². The summed E-state index contributed by atoms with van der Waals surface area (Å²) in [6.45, 7) is 4.75. The van der Waals surface area contributed by atoms with Crippen molar-refractivity contribution in [1.82, 2.24) is 9.63 Å². The summed E-state index contributed by atoms with van der Waals surface area (Å²) in [5.74, 6) is 0.0624. The summed E-state index contributed by atoms with van der Waals surface area (Å²) in [6, 6.07) is 3.97. The average molecular weight is 483 g/mol. The van der Waals surface area contributed by atoms with E-state index in [9.17, 15) is 10.0 Å². The van der Waals surface area contributed by atoms with Crippen LogP contribution in [0, 0.1) is 6.92 Å². The van der Waals surface area contributed by atoms with Gasteiger partial charge in [0.1, 0.15) is 0 Å². The lowest BCUT2D eigenvalue weighted by molar-refractivity contribution is 0.0524. The van der Waals surface area contributed by atoms with Gasteiger partial charge in [0.2, 0.25) is 0 Å². The Kier molecular flexibility index (Phi) is 6.75. The van der Waals surface area contributed by atoms with Gasteiger partial charge >= 0.3 is 5.97 Å². The van der Waals surface area contributed by atoms with E-state index in [0.29, 0.717) is 22.5 Å². The van der Waals surface area contributed by atoms with Gasteiger partial charge in [0.15, 0.2) is 0 Å². The lowest BCUT2D eigenvalue weighted by atomic mass is 10.0. The number of thioether (sulfide) groups is 1. The van der Waals surface area contributed by atoms with Crippen LogP contribution in [0.2, 0.25) is 0 Å². The SMILES string of the molecule is CCOC(=O)c1c(CSc2ccsc2)n(O)c2cc(CN(C)C)c(Br)c(C)c12. The summed E-state index contributed by atoms with van der Waals surface area (Å²) in [7, 11) is 3.99. The monoisotopic (exact) mass is 482 g/mol. The molecule has 2 aromatic heterocycles. The summed E-state index contributed by atoms with van der Waals surface area (Å²) < 4.78 is 7.42. The van der Waals surface area contributed by atoms with E-state index >= 15 is 0 Å². The molecule has 2 heterocycles. The molecule has 0 saturated carbocycles. The number of carbonyl (C=O) groups excluding carboxylic acids is 1. The third-order valence-electron chi connectivity index (χ3n) is 4.41. The van der Waals surface area contributed by atoms with Gasteiger partial charge in [0.05, 0.1) is 23.4 Å². The van der Waals surface area contributed by atoms with E-state index in [1.54, 1.807) is 30.0 Å². The van der Waals surface area contributed by atoms with Crippen molar-refractivity contribution in [3.63, 3.8) is 0 Å². The smallest absolute Gasteiger partial charge is 0.340 e. The molecule has 0 unspecified atom stereocenters. The number of aryl methyl sites for hydroxylation is 1. The van der Waals surface area contributed by atoms with Crippen LogP contribution < -0.4 is 0 Å². The van der Waals surface area contributed by atoms with Gasteiger partial charge in [-0.3, -0.25) is 0 Å². The zero-order valence-electron chi connectivity index (χ0n) is 16.3. The van der Waals surface area contributed by atoms with E-state index in [1.165, 1.54) is 0 Å². The van der Waals surface area contributed by atoms with E-state index in [0.717, 1.165) is 37.2 Å². The fourth-order valence-corrected chi connectivity index (χ4v) is 5.43. The molecule has 0 bridgehead atoms. The van der Waals surface area contributed by atoms with E-state index in [4.69, 9.17) is 4.74 Å². The molecule has 1 aromatic carbocycles. The molecule has 0 saturated heterocycles. The predicted molar refractivity (Wildman–Crippen MR) is 119 cm³/mol. The second-order valence-electron chi connectivity index (χ2n) is 6.71. The van der Waals surface area contributed by atoms with Crippen molar-refractivity contribution in [2.45, 2.75) is 31.0 Å².